The number of benzene rings is 1. The van der Waals surface area contributed by atoms with Crippen LogP contribution in [0.5, 0.6) is 0 Å². The molecule has 1 unspecified atom stereocenters. The molecule has 94 valence electrons. The zero-order valence-electron chi connectivity index (χ0n) is 10.6. The largest absolute Gasteiger partial charge is 0.310 e. The van der Waals surface area contributed by atoms with Crippen LogP contribution in [-0.4, -0.2) is 6.54 Å². The van der Waals surface area contributed by atoms with Gasteiger partial charge in [-0.05, 0) is 49.4 Å². The Morgan fingerprint density at radius 2 is 1.88 bits per heavy atom. The topological polar surface area (TPSA) is 12.0 Å². The first-order chi connectivity index (χ1) is 8.29. The van der Waals surface area contributed by atoms with E-state index in [-0.39, 0.29) is 5.82 Å². The Kier molecular flexibility index (Phi) is 4.55. The minimum atomic E-state index is -0.153. The Labute approximate surface area is 103 Å². The fourth-order valence-corrected chi connectivity index (χ4v) is 2.72. The number of halogens is 1. The third kappa shape index (κ3) is 3.53. The number of hydrogen-bond donors (Lipinski definition) is 1. The first kappa shape index (κ1) is 12.6. The molecule has 0 aliphatic heterocycles. The first-order valence-corrected chi connectivity index (χ1v) is 6.78. The lowest BCUT2D eigenvalue weighted by molar-refractivity contribution is 0.430. The average Bonchev–Trinajstić information content (AvgIpc) is 2.85. The molecular weight excluding hydrogens is 213 g/mol. The smallest absolute Gasteiger partial charge is 0.123 e. The Morgan fingerprint density at radius 3 is 2.47 bits per heavy atom. The normalized spacial score (nSPS) is 18.5. The second kappa shape index (κ2) is 6.15. The molecule has 0 spiro atoms. The van der Waals surface area contributed by atoms with Crippen LogP contribution in [0.2, 0.25) is 0 Å². The van der Waals surface area contributed by atoms with Gasteiger partial charge in [-0.1, -0.05) is 31.9 Å². The molecule has 2 heteroatoms. The van der Waals surface area contributed by atoms with Gasteiger partial charge in [0.1, 0.15) is 5.82 Å². The predicted molar refractivity (Wildman–Crippen MR) is 69.4 cm³/mol. The molecule has 0 radical (unpaired) electrons. The fraction of sp³-hybridized carbons (Fsp3) is 0.600. The summed E-state index contributed by atoms with van der Waals surface area (Å²) >= 11 is 0. The summed E-state index contributed by atoms with van der Waals surface area (Å²) in [7, 11) is 0. The van der Waals surface area contributed by atoms with E-state index in [9.17, 15) is 4.39 Å². The van der Waals surface area contributed by atoms with Crippen molar-refractivity contribution in [2.24, 2.45) is 5.92 Å². The molecule has 0 aromatic heterocycles. The highest BCUT2D eigenvalue weighted by Crippen LogP contribution is 2.25. The molecule has 1 aliphatic carbocycles. The monoisotopic (exact) mass is 235 g/mol. The van der Waals surface area contributed by atoms with Gasteiger partial charge < -0.3 is 5.32 Å². The molecule has 0 bridgehead atoms. The van der Waals surface area contributed by atoms with E-state index in [0.717, 1.165) is 18.9 Å². The van der Waals surface area contributed by atoms with Crippen LogP contribution in [-0.2, 0) is 0 Å². The van der Waals surface area contributed by atoms with Gasteiger partial charge in [0, 0.05) is 6.04 Å². The molecule has 1 aromatic rings. The van der Waals surface area contributed by atoms with Gasteiger partial charge in [-0.3, -0.25) is 0 Å². The Hall–Kier alpha value is -0.890. The molecule has 0 heterocycles. The van der Waals surface area contributed by atoms with Gasteiger partial charge in [0.2, 0.25) is 0 Å². The Balaban J connectivity index is 1.89. The van der Waals surface area contributed by atoms with Crippen molar-refractivity contribution in [3.8, 4) is 0 Å². The quantitative estimate of drug-likeness (QED) is 0.811. The Bertz CT molecular complexity index is 327. The first-order valence-electron chi connectivity index (χ1n) is 6.78. The predicted octanol–water partition coefficient (Wildman–Crippen LogP) is 4.06. The van der Waals surface area contributed by atoms with E-state index in [1.807, 2.05) is 12.1 Å². The van der Waals surface area contributed by atoms with Crippen molar-refractivity contribution in [2.75, 3.05) is 6.54 Å². The molecule has 1 saturated carbocycles. The van der Waals surface area contributed by atoms with Gasteiger partial charge in [-0.2, -0.15) is 0 Å². The molecule has 0 amide bonds. The third-order valence-corrected chi connectivity index (χ3v) is 3.81. The zero-order chi connectivity index (χ0) is 12.1. The second-order valence-corrected chi connectivity index (χ2v) is 5.07. The minimum absolute atomic E-state index is 0.153. The number of rotatable bonds is 5. The highest BCUT2D eigenvalue weighted by molar-refractivity contribution is 5.19. The maximum Gasteiger partial charge on any atom is 0.123 e. The molecule has 1 aliphatic rings. The molecule has 1 fully saturated rings. The van der Waals surface area contributed by atoms with Crippen LogP contribution >= 0.6 is 0 Å². The van der Waals surface area contributed by atoms with E-state index < -0.39 is 0 Å². The van der Waals surface area contributed by atoms with Gasteiger partial charge in [0.05, 0.1) is 0 Å². The van der Waals surface area contributed by atoms with Gasteiger partial charge >= 0.3 is 0 Å². The summed E-state index contributed by atoms with van der Waals surface area (Å²) in [5.41, 5.74) is 1.20. The van der Waals surface area contributed by atoms with Crippen molar-refractivity contribution >= 4 is 0 Å². The van der Waals surface area contributed by atoms with Crippen molar-refractivity contribution in [3.05, 3.63) is 35.6 Å². The van der Waals surface area contributed by atoms with Gasteiger partial charge in [-0.15, -0.1) is 0 Å². The summed E-state index contributed by atoms with van der Waals surface area (Å²) < 4.78 is 12.9. The highest BCUT2D eigenvalue weighted by atomic mass is 19.1. The van der Waals surface area contributed by atoms with Gasteiger partial charge in [0.25, 0.3) is 0 Å². The molecule has 2 rings (SSSR count). The Morgan fingerprint density at radius 1 is 1.24 bits per heavy atom. The van der Waals surface area contributed by atoms with E-state index in [1.54, 1.807) is 12.1 Å². The van der Waals surface area contributed by atoms with Crippen LogP contribution < -0.4 is 5.32 Å². The highest BCUT2D eigenvalue weighted by Gasteiger charge is 2.16. The summed E-state index contributed by atoms with van der Waals surface area (Å²) in [6.07, 6.45) is 6.57. The van der Waals surface area contributed by atoms with Crippen molar-refractivity contribution < 1.29 is 4.39 Å². The molecule has 0 saturated heterocycles. The number of hydrogen-bond acceptors (Lipinski definition) is 1. The lowest BCUT2D eigenvalue weighted by atomic mass is 10.0. The van der Waals surface area contributed by atoms with Crippen LogP contribution in [0, 0.1) is 11.7 Å². The van der Waals surface area contributed by atoms with Crippen LogP contribution in [0.4, 0.5) is 4.39 Å². The SMILES string of the molecule is CCC(NCC1CCCC1)c1ccc(F)cc1. The maximum atomic E-state index is 12.9. The van der Waals surface area contributed by atoms with Crippen molar-refractivity contribution in [3.63, 3.8) is 0 Å². The third-order valence-electron chi connectivity index (χ3n) is 3.81. The summed E-state index contributed by atoms with van der Waals surface area (Å²) in [5.74, 6) is 0.698. The lowest BCUT2D eigenvalue weighted by Crippen LogP contribution is -2.26. The van der Waals surface area contributed by atoms with Gasteiger partial charge in [0.15, 0.2) is 0 Å². The molecule has 1 aromatic carbocycles. The van der Waals surface area contributed by atoms with E-state index >= 15 is 0 Å². The summed E-state index contributed by atoms with van der Waals surface area (Å²) in [6.45, 7) is 3.28. The summed E-state index contributed by atoms with van der Waals surface area (Å²) in [4.78, 5) is 0. The maximum absolute atomic E-state index is 12.9. The van der Waals surface area contributed by atoms with E-state index in [4.69, 9.17) is 0 Å². The van der Waals surface area contributed by atoms with Crippen LogP contribution in [0.1, 0.15) is 50.6 Å². The van der Waals surface area contributed by atoms with E-state index in [0.29, 0.717) is 6.04 Å². The molecule has 1 atom stereocenters. The molecule has 17 heavy (non-hydrogen) atoms. The zero-order valence-corrected chi connectivity index (χ0v) is 10.6. The molecular formula is C15H22FN. The lowest BCUT2D eigenvalue weighted by Gasteiger charge is -2.20. The van der Waals surface area contributed by atoms with Crippen LogP contribution in [0.15, 0.2) is 24.3 Å². The van der Waals surface area contributed by atoms with E-state index in [2.05, 4.69) is 12.2 Å². The van der Waals surface area contributed by atoms with Crippen molar-refractivity contribution in [1.82, 2.24) is 5.32 Å². The van der Waals surface area contributed by atoms with Crippen molar-refractivity contribution in [2.45, 2.75) is 45.1 Å². The van der Waals surface area contributed by atoms with Gasteiger partial charge in [-0.25, -0.2) is 4.39 Å². The standard InChI is InChI=1S/C15H22FN/c1-2-15(13-7-9-14(16)10-8-13)17-11-12-5-3-4-6-12/h7-10,12,15,17H,2-6,11H2,1H3. The fourth-order valence-electron chi connectivity index (χ4n) is 2.72. The van der Waals surface area contributed by atoms with Crippen molar-refractivity contribution in [1.29, 1.82) is 0 Å². The minimum Gasteiger partial charge on any atom is -0.310 e. The summed E-state index contributed by atoms with van der Waals surface area (Å²) in [5, 5.41) is 3.62. The molecule has 1 N–H and O–H groups in total. The summed E-state index contributed by atoms with van der Waals surface area (Å²) in [6, 6.07) is 7.26. The van der Waals surface area contributed by atoms with E-state index in [1.165, 1.54) is 31.2 Å². The second-order valence-electron chi connectivity index (χ2n) is 5.07. The van der Waals surface area contributed by atoms with Crippen LogP contribution in [0.3, 0.4) is 0 Å². The van der Waals surface area contributed by atoms with Crippen LogP contribution in [0.25, 0.3) is 0 Å². The molecule has 1 nitrogen and oxygen atoms in total. The number of nitrogens with one attached hydrogen (secondary N) is 1. The average molecular weight is 235 g/mol.